The average Bonchev–Trinajstić information content (AvgIpc) is 3.00. The molecule has 0 aromatic rings. The van der Waals surface area contributed by atoms with Gasteiger partial charge in [-0.3, -0.25) is 14.4 Å². The van der Waals surface area contributed by atoms with Crippen LogP contribution >= 0.6 is 0 Å². The molecule has 4 aliphatic rings. The number of fused-ring (bicyclic) bond motifs is 5. The van der Waals surface area contributed by atoms with E-state index in [9.17, 15) is 19.5 Å². The number of aliphatic hydroxyl groups is 1. The molecule has 5 nitrogen and oxygen atoms in total. The normalized spacial score (nSPS) is 47.1. The molecule has 0 bridgehead atoms. The lowest BCUT2D eigenvalue weighted by Crippen LogP contribution is -2.68. The van der Waals surface area contributed by atoms with E-state index in [1.54, 1.807) is 6.92 Å². The van der Waals surface area contributed by atoms with Crippen LogP contribution in [0.2, 0.25) is 0 Å². The van der Waals surface area contributed by atoms with Crippen LogP contribution in [0.1, 0.15) is 46.5 Å². The summed E-state index contributed by atoms with van der Waals surface area (Å²) in [6.07, 6.45) is 1.90. The second-order valence-corrected chi connectivity index (χ2v) is 9.82. The van der Waals surface area contributed by atoms with Crippen molar-refractivity contribution in [3.05, 3.63) is 23.8 Å². The minimum Gasteiger partial charge on any atom is -0.458 e. The lowest BCUT2D eigenvalue weighted by atomic mass is 9.45. The minimum absolute atomic E-state index is 0.0583. The van der Waals surface area contributed by atoms with Gasteiger partial charge in [0, 0.05) is 24.2 Å². The first kappa shape index (κ1) is 21.3. The molecule has 0 radical (unpaired) electrons. The van der Waals surface area contributed by atoms with Crippen LogP contribution in [0.4, 0.5) is 8.78 Å². The topological polar surface area (TPSA) is 80.7 Å². The minimum atomic E-state index is -2.13. The summed E-state index contributed by atoms with van der Waals surface area (Å²) in [6, 6.07) is 0. The summed E-state index contributed by atoms with van der Waals surface area (Å²) in [4.78, 5) is 35.7. The van der Waals surface area contributed by atoms with E-state index in [4.69, 9.17) is 4.74 Å². The van der Waals surface area contributed by atoms with Crippen LogP contribution in [-0.2, 0) is 19.1 Å². The van der Waals surface area contributed by atoms with E-state index in [-0.39, 0.29) is 42.5 Å². The second kappa shape index (κ2) is 6.81. The third-order valence-corrected chi connectivity index (χ3v) is 8.43. The molecule has 0 heterocycles. The molecular weight excluding hydrogens is 394 g/mol. The van der Waals surface area contributed by atoms with Gasteiger partial charge >= 0.3 is 5.97 Å². The van der Waals surface area contributed by atoms with Crippen molar-refractivity contribution in [3.63, 3.8) is 0 Å². The molecule has 30 heavy (non-hydrogen) atoms. The van der Waals surface area contributed by atoms with E-state index in [0.717, 1.165) is 0 Å². The summed E-state index contributed by atoms with van der Waals surface area (Å²) in [5.41, 5.74) is -4.15. The van der Waals surface area contributed by atoms with Crippen molar-refractivity contribution in [2.24, 2.45) is 28.6 Å². The summed E-state index contributed by atoms with van der Waals surface area (Å²) < 4.78 is 36.9. The highest BCUT2D eigenvalue weighted by molar-refractivity contribution is 6.01. The van der Waals surface area contributed by atoms with Crippen molar-refractivity contribution >= 4 is 17.5 Å². The number of halogens is 2. The van der Waals surface area contributed by atoms with Gasteiger partial charge in [0.2, 0.25) is 0 Å². The Bertz CT molecular complexity index is 866. The zero-order valence-corrected chi connectivity index (χ0v) is 17.5. The first-order valence-electron chi connectivity index (χ1n) is 10.6. The highest BCUT2D eigenvalue weighted by Gasteiger charge is 2.72. The number of rotatable bonds is 3. The first-order valence-corrected chi connectivity index (χ1v) is 10.6. The van der Waals surface area contributed by atoms with Gasteiger partial charge in [-0.15, -0.1) is 0 Å². The van der Waals surface area contributed by atoms with Crippen LogP contribution in [0, 0.1) is 28.6 Å². The Morgan fingerprint density at radius 2 is 1.97 bits per heavy atom. The monoisotopic (exact) mass is 422 g/mol. The third-order valence-electron chi connectivity index (χ3n) is 8.43. The van der Waals surface area contributed by atoms with E-state index in [1.807, 2.05) is 6.92 Å². The van der Waals surface area contributed by atoms with Crippen LogP contribution in [0.15, 0.2) is 23.8 Å². The standard InChI is InChI=1S/C23H28F2O5/c1-12(26)30-11-19(28)15-5-4-14-16-9-18(24)17-8-13(27)6-7-22(17,3)23(16,25)20(29)10-21(14,15)2/h6-8,14-16,18,20,29H,4-5,9-11H2,1-3H3/t14-,15?,16-,18-,20-,21-,22-,23-/m0/s1. The van der Waals surface area contributed by atoms with Gasteiger partial charge in [0.15, 0.2) is 17.2 Å². The number of hydrogen-bond donors (Lipinski definition) is 1. The van der Waals surface area contributed by atoms with Gasteiger partial charge in [0.05, 0.1) is 6.10 Å². The Morgan fingerprint density at radius 3 is 2.63 bits per heavy atom. The van der Waals surface area contributed by atoms with Gasteiger partial charge in [-0.1, -0.05) is 13.0 Å². The number of allylic oxidation sites excluding steroid dienone is 4. The molecule has 4 rings (SSSR count). The van der Waals surface area contributed by atoms with Crippen molar-refractivity contribution in [2.45, 2.75) is 64.4 Å². The molecule has 3 fully saturated rings. The number of ether oxygens (including phenoxy) is 1. The molecule has 3 saturated carbocycles. The lowest BCUT2D eigenvalue weighted by molar-refractivity contribution is -0.202. The maximum Gasteiger partial charge on any atom is 0.303 e. The number of aliphatic hydroxyl groups excluding tert-OH is 1. The molecular formula is C23H28F2O5. The summed E-state index contributed by atoms with van der Waals surface area (Å²) in [7, 11) is 0. The van der Waals surface area contributed by atoms with Crippen molar-refractivity contribution in [2.75, 3.05) is 6.61 Å². The number of ketones is 2. The van der Waals surface area contributed by atoms with Gasteiger partial charge in [0.1, 0.15) is 12.8 Å². The van der Waals surface area contributed by atoms with Crippen molar-refractivity contribution in [1.82, 2.24) is 0 Å². The van der Waals surface area contributed by atoms with E-state index in [2.05, 4.69) is 0 Å². The fourth-order valence-corrected chi connectivity index (χ4v) is 7.00. The van der Waals surface area contributed by atoms with Crippen molar-refractivity contribution in [1.29, 1.82) is 0 Å². The second-order valence-electron chi connectivity index (χ2n) is 9.82. The summed E-state index contributed by atoms with van der Waals surface area (Å²) >= 11 is 0. The molecule has 0 amide bonds. The summed E-state index contributed by atoms with van der Waals surface area (Å²) in [5.74, 6) is -2.72. The number of alkyl halides is 2. The average molecular weight is 422 g/mol. The van der Waals surface area contributed by atoms with Crippen LogP contribution in [0.3, 0.4) is 0 Å². The Balaban J connectivity index is 1.71. The van der Waals surface area contributed by atoms with Gasteiger partial charge < -0.3 is 9.84 Å². The molecule has 0 aromatic carbocycles. The SMILES string of the molecule is CC(=O)OCC(=O)C1CC[C@H]2[C@@H]3C[C@H](F)C4=CC(=O)C=C[C@]4(C)[C@@]3(F)[C@@H](O)C[C@]12C. The molecule has 7 heteroatoms. The molecule has 0 spiro atoms. The number of carbonyl (C=O) groups excluding carboxylic acids is 3. The summed E-state index contributed by atoms with van der Waals surface area (Å²) in [6.45, 7) is 4.31. The van der Waals surface area contributed by atoms with Crippen LogP contribution in [-0.4, -0.2) is 47.2 Å². The summed E-state index contributed by atoms with van der Waals surface area (Å²) in [5, 5.41) is 11.1. The number of Topliss-reactive ketones (excluding diaryl/α,β-unsaturated/α-hetero) is 1. The van der Waals surface area contributed by atoms with Crippen molar-refractivity contribution < 1.29 is 33.0 Å². The van der Waals surface area contributed by atoms with Crippen LogP contribution in [0.5, 0.6) is 0 Å². The number of carbonyl (C=O) groups is 3. The largest absolute Gasteiger partial charge is 0.458 e. The molecule has 4 aliphatic carbocycles. The molecule has 0 aromatic heterocycles. The van der Waals surface area contributed by atoms with E-state index < -0.39 is 46.6 Å². The van der Waals surface area contributed by atoms with Gasteiger partial charge in [-0.25, -0.2) is 8.78 Å². The quantitative estimate of drug-likeness (QED) is 0.707. The first-order chi connectivity index (χ1) is 13.9. The van der Waals surface area contributed by atoms with E-state index >= 15 is 8.78 Å². The predicted octanol–water partition coefficient (Wildman–Crippen LogP) is 3.05. The van der Waals surface area contributed by atoms with Gasteiger partial charge in [0.25, 0.3) is 0 Å². The highest BCUT2D eigenvalue weighted by Crippen LogP contribution is 2.69. The molecule has 0 aliphatic heterocycles. The zero-order chi connectivity index (χ0) is 22.1. The van der Waals surface area contributed by atoms with E-state index in [0.29, 0.717) is 12.8 Å². The Hall–Kier alpha value is -1.89. The molecule has 8 atom stereocenters. The van der Waals surface area contributed by atoms with Gasteiger partial charge in [-0.05, 0) is 61.7 Å². The molecule has 164 valence electrons. The number of esters is 1. The Morgan fingerprint density at radius 1 is 1.27 bits per heavy atom. The van der Waals surface area contributed by atoms with Gasteiger partial charge in [-0.2, -0.15) is 0 Å². The Kier molecular flexibility index (Phi) is 4.84. The fraction of sp³-hybridized carbons (Fsp3) is 0.696. The maximum absolute atomic E-state index is 16.8. The zero-order valence-electron chi connectivity index (χ0n) is 17.5. The van der Waals surface area contributed by atoms with E-state index in [1.165, 1.54) is 25.2 Å². The van der Waals surface area contributed by atoms with Crippen LogP contribution < -0.4 is 0 Å². The number of hydrogen-bond acceptors (Lipinski definition) is 5. The predicted molar refractivity (Wildman–Crippen MR) is 104 cm³/mol. The Labute approximate surface area is 174 Å². The molecule has 1 N–H and O–H groups in total. The molecule has 0 saturated heterocycles. The maximum atomic E-state index is 16.8. The van der Waals surface area contributed by atoms with Crippen LogP contribution in [0.25, 0.3) is 0 Å². The lowest BCUT2D eigenvalue weighted by Gasteiger charge is -2.62. The highest BCUT2D eigenvalue weighted by atomic mass is 19.1. The third kappa shape index (κ3) is 2.70. The molecule has 1 unspecified atom stereocenters. The van der Waals surface area contributed by atoms with Crippen molar-refractivity contribution in [3.8, 4) is 0 Å². The fourth-order valence-electron chi connectivity index (χ4n) is 7.00. The smallest absolute Gasteiger partial charge is 0.303 e.